The van der Waals surface area contributed by atoms with Gasteiger partial charge in [-0.1, -0.05) is 47.7 Å². The van der Waals surface area contributed by atoms with Gasteiger partial charge in [-0.05, 0) is 37.5 Å². The first-order valence-corrected chi connectivity index (χ1v) is 8.70. The summed E-state index contributed by atoms with van der Waals surface area (Å²) in [6, 6.07) is 7.47. The summed E-state index contributed by atoms with van der Waals surface area (Å²) >= 11 is 12.7. The molecule has 1 fully saturated rings. The van der Waals surface area contributed by atoms with Crippen LogP contribution in [0.5, 0.6) is 0 Å². The number of thiocarbonyl (C=S) groups is 1. The van der Waals surface area contributed by atoms with E-state index in [1.807, 2.05) is 31.2 Å². The maximum absolute atomic E-state index is 12.1. The Morgan fingerprint density at radius 3 is 2.62 bits per heavy atom. The van der Waals surface area contributed by atoms with Crippen molar-refractivity contribution >= 4 is 45.8 Å². The van der Waals surface area contributed by atoms with Crippen LogP contribution in [0, 0.1) is 0 Å². The smallest absolute Gasteiger partial charge is 0.233 e. The third kappa shape index (κ3) is 5.16. The molecule has 1 aromatic rings. The number of benzene rings is 1. The van der Waals surface area contributed by atoms with Crippen LogP contribution in [0.25, 0.3) is 0 Å². The minimum absolute atomic E-state index is 0.0106. The van der Waals surface area contributed by atoms with E-state index in [9.17, 15) is 4.79 Å². The van der Waals surface area contributed by atoms with Gasteiger partial charge in [0.05, 0.1) is 5.25 Å². The Kier molecular flexibility index (Phi) is 6.33. The van der Waals surface area contributed by atoms with Gasteiger partial charge in [0.25, 0.3) is 0 Å². The van der Waals surface area contributed by atoms with Crippen molar-refractivity contribution < 1.29 is 4.79 Å². The largest absolute Gasteiger partial charge is 0.358 e. The highest BCUT2D eigenvalue weighted by molar-refractivity contribution is 8.23. The van der Waals surface area contributed by atoms with Crippen molar-refractivity contribution in [3.05, 3.63) is 34.9 Å². The molecule has 0 bridgehead atoms. The third-order valence-electron chi connectivity index (χ3n) is 3.39. The van der Waals surface area contributed by atoms with E-state index in [4.69, 9.17) is 23.8 Å². The van der Waals surface area contributed by atoms with Gasteiger partial charge in [0.2, 0.25) is 5.91 Å². The first-order valence-electron chi connectivity index (χ1n) is 7.04. The molecule has 1 aliphatic rings. The van der Waals surface area contributed by atoms with Crippen molar-refractivity contribution in [3.8, 4) is 0 Å². The zero-order valence-corrected chi connectivity index (χ0v) is 14.4. The zero-order chi connectivity index (χ0) is 15.2. The molecular formula is C15H19ClN2OS2. The summed E-state index contributed by atoms with van der Waals surface area (Å²) in [5, 5.41) is 3.46. The van der Waals surface area contributed by atoms with E-state index in [0.717, 1.165) is 23.0 Å². The van der Waals surface area contributed by atoms with Crippen molar-refractivity contribution in [1.82, 2.24) is 10.2 Å². The van der Waals surface area contributed by atoms with Gasteiger partial charge in [0.1, 0.15) is 4.32 Å². The minimum atomic E-state index is -0.176. The highest BCUT2D eigenvalue weighted by atomic mass is 35.5. The second-order valence-electron chi connectivity index (χ2n) is 5.06. The highest BCUT2D eigenvalue weighted by Gasteiger charge is 2.21. The maximum Gasteiger partial charge on any atom is 0.233 e. The second kappa shape index (κ2) is 8.01. The first-order chi connectivity index (χ1) is 10.1. The Morgan fingerprint density at radius 1 is 1.38 bits per heavy atom. The van der Waals surface area contributed by atoms with Crippen LogP contribution >= 0.6 is 35.6 Å². The van der Waals surface area contributed by atoms with Crippen LogP contribution in [0.1, 0.15) is 25.3 Å². The molecule has 1 amide bonds. The number of nitrogens with zero attached hydrogens (tertiary/aromatic N) is 1. The topological polar surface area (TPSA) is 32.3 Å². The predicted octanol–water partition coefficient (Wildman–Crippen LogP) is 3.46. The summed E-state index contributed by atoms with van der Waals surface area (Å²) in [7, 11) is 0. The van der Waals surface area contributed by atoms with Crippen molar-refractivity contribution in [2.45, 2.75) is 31.6 Å². The number of carbonyl (C=O) groups is 1. The van der Waals surface area contributed by atoms with Crippen molar-refractivity contribution in [2.75, 3.05) is 13.1 Å². The van der Waals surface area contributed by atoms with E-state index in [1.54, 1.807) is 0 Å². The molecule has 2 rings (SSSR count). The molecule has 0 saturated carbocycles. The van der Waals surface area contributed by atoms with Gasteiger partial charge >= 0.3 is 0 Å². The Balaban J connectivity index is 1.76. The average Bonchev–Trinajstić information content (AvgIpc) is 3.00. The summed E-state index contributed by atoms with van der Waals surface area (Å²) in [6.07, 6.45) is 2.38. The molecule has 1 atom stereocenters. The van der Waals surface area contributed by atoms with Crippen LogP contribution in [0.4, 0.5) is 0 Å². The molecule has 21 heavy (non-hydrogen) atoms. The number of thioether (sulfide) groups is 1. The van der Waals surface area contributed by atoms with E-state index < -0.39 is 0 Å². The van der Waals surface area contributed by atoms with Gasteiger partial charge < -0.3 is 10.2 Å². The molecule has 0 spiro atoms. The Morgan fingerprint density at radius 2 is 2.00 bits per heavy atom. The number of rotatable bonds is 4. The lowest BCUT2D eigenvalue weighted by Gasteiger charge is -2.20. The minimum Gasteiger partial charge on any atom is -0.358 e. The third-order valence-corrected chi connectivity index (χ3v) is 5.22. The monoisotopic (exact) mass is 342 g/mol. The van der Waals surface area contributed by atoms with Crippen LogP contribution in [-0.4, -0.2) is 33.5 Å². The van der Waals surface area contributed by atoms with Gasteiger partial charge in [0.15, 0.2) is 0 Å². The van der Waals surface area contributed by atoms with Crippen LogP contribution in [0.2, 0.25) is 5.02 Å². The SMILES string of the molecule is CC(SC(=S)N1CCCC1)C(=O)NCc1ccc(Cl)cc1. The summed E-state index contributed by atoms with van der Waals surface area (Å²) < 4.78 is 0.835. The number of carbonyl (C=O) groups excluding carboxylic acids is 1. The summed E-state index contributed by atoms with van der Waals surface area (Å²) in [4.78, 5) is 14.3. The quantitative estimate of drug-likeness (QED) is 0.849. The fraction of sp³-hybridized carbons (Fsp3) is 0.467. The molecule has 1 aromatic carbocycles. The number of halogens is 1. The molecule has 0 aliphatic carbocycles. The molecular weight excluding hydrogens is 324 g/mol. The van der Waals surface area contributed by atoms with Crippen molar-refractivity contribution in [3.63, 3.8) is 0 Å². The van der Waals surface area contributed by atoms with E-state index in [1.165, 1.54) is 24.6 Å². The van der Waals surface area contributed by atoms with Gasteiger partial charge in [-0.2, -0.15) is 0 Å². The lowest BCUT2D eigenvalue weighted by atomic mass is 10.2. The van der Waals surface area contributed by atoms with Crippen molar-refractivity contribution in [2.24, 2.45) is 0 Å². The van der Waals surface area contributed by atoms with Crippen LogP contribution in [-0.2, 0) is 11.3 Å². The normalized spacial score (nSPS) is 15.8. The molecule has 1 heterocycles. The molecule has 0 radical (unpaired) electrons. The zero-order valence-electron chi connectivity index (χ0n) is 12.0. The van der Waals surface area contributed by atoms with Gasteiger partial charge in [0, 0.05) is 24.7 Å². The summed E-state index contributed by atoms with van der Waals surface area (Å²) in [6.45, 7) is 4.44. The number of hydrogen-bond donors (Lipinski definition) is 1. The van der Waals surface area contributed by atoms with Crippen LogP contribution in [0.3, 0.4) is 0 Å². The fourth-order valence-electron chi connectivity index (χ4n) is 2.11. The molecule has 0 aromatic heterocycles. The Labute approximate surface area is 140 Å². The number of likely N-dealkylation sites (tertiary alicyclic amines) is 1. The predicted molar refractivity (Wildman–Crippen MR) is 93.8 cm³/mol. The van der Waals surface area contributed by atoms with E-state index in [2.05, 4.69) is 10.2 Å². The number of amides is 1. The average molecular weight is 343 g/mol. The summed E-state index contributed by atoms with van der Waals surface area (Å²) in [5.74, 6) is 0.0106. The maximum atomic E-state index is 12.1. The van der Waals surface area contributed by atoms with Gasteiger partial charge in [-0.3, -0.25) is 4.79 Å². The second-order valence-corrected chi connectivity index (χ2v) is 7.48. The van der Waals surface area contributed by atoms with E-state index in [0.29, 0.717) is 11.6 Å². The molecule has 1 N–H and O–H groups in total. The van der Waals surface area contributed by atoms with Crippen molar-refractivity contribution in [1.29, 1.82) is 0 Å². The molecule has 114 valence electrons. The van der Waals surface area contributed by atoms with Crippen LogP contribution < -0.4 is 5.32 Å². The number of nitrogens with one attached hydrogen (secondary N) is 1. The Bertz CT molecular complexity index is 501. The molecule has 3 nitrogen and oxygen atoms in total. The molecule has 1 unspecified atom stereocenters. The standard InChI is InChI=1S/C15H19ClN2OS2/c1-11(21-15(20)18-8-2-3-9-18)14(19)17-10-12-4-6-13(16)7-5-12/h4-7,11H,2-3,8-10H2,1H3,(H,17,19). The lowest BCUT2D eigenvalue weighted by Crippen LogP contribution is -2.33. The summed E-state index contributed by atoms with van der Waals surface area (Å²) in [5.41, 5.74) is 1.03. The Hall–Kier alpha value is -0.780. The first kappa shape index (κ1) is 16.6. The molecule has 6 heteroatoms. The van der Waals surface area contributed by atoms with Crippen LogP contribution in [0.15, 0.2) is 24.3 Å². The fourth-order valence-corrected chi connectivity index (χ4v) is 3.68. The van der Waals surface area contributed by atoms with Gasteiger partial charge in [-0.25, -0.2) is 0 Å². The highest BCUT2D eigenvalue weighted by Crippen LogP contribution is 2.20. The molecule has 1 aliphatic heterocycles. The number of hydrogen-bond acceptors (Lipinski definition) is 3. The van der Waals surface area contributed by atoms with E-state index in [-0.39, 0.29) is 11.2 Å². The lowest BCUT2D eigenvalue weighted by molar-refractivity contribution is -0.120. The van der Waals surface area contributed by atoms with Gasteiger partial charge in [-0.15, -0.1) is 0 Å². The van der Waals surface area contributed by atoms with E-state index >= 15 is 0 Å². The molecule has 1 saturated heterocycles.